The first-order chi connectivity index (χ1) is 16.6. The fraction of sp³-hybridized carbons (Fsp3) is 0.407. The number of nitrogens with zero attached hydrogens (tertiary/aromatic N) is 3. The van der Waals surface area contributed by atoms with Gasteiger partial charge in [0.15, 0.2) is 0 Å². The van der Waals surface area contributed by atoms with Crippen molar-refractivity contribution in [1.29, 1.82) is 5.26 Å². The number of piperidine rings is 1. The Balaban J connectivity index is 1.39. The largest absolute Gasteiger partial charge is 0.353 e. The number of rotatable bonds is 10. The molecule has 0 spiro atoms. The van der Waals surface area contributed by atoms with E-state index in [1.165, 1.54) is 0 Å². The van der Waals surface area contributed by atoms with Crippen LogP contribution in [0.1, 0.15) is 44.1 Å². The number of aryl methyl sites for hydroxylation is 1. The molecule has 0 aromatic heterocycles. The molecule has 3 amide bonds. The number of hydrogen-bond donors (Lipinski definition) is 1. The first-order valence-electron chi connectivity index (χ1n) is 11.9. The summed E-state index contributed by atoms with van der Waals surface area (Å²) in [6.45, 7) is 1.46. The number of nitriles is 1. The summed E-state index contributed by atoms with van der Waals surface area (Å²) in [5.41, 5.74) is 1.88. The smallest absolute Gasteiger partial charge is 0.227 e. The molecule has 1 N–H and O–H groups in total. The summed E-state index contributed by atoms with van der Waals surface area (Å²) in [7, 11) is 0. The predicted molar refractivity (Wildman–Crippen MR) is 131 cm³/mol. The van der Waals surface area contributed by atoms with Gasteiger partial charge in [-0.1, -0.05) is 48.5 Å². The van der Waals surface area contributed by atoms with Crippen LogP contribution in [0.4, 0.5) is 5.69 Å². The number of hydrogen-bond acceptors (Lipinski definition) is 4. The number of carbonyl (C=O) groups is 3. The lowest BCUT2D eigenvalue weighted by atomic mass is 10.0. The maximum atomic E-state index is 12.8. The topological polar surface area (TPSA) is 93.5 Å². The minimum Gasteiger partial charge on any atom is -0.353 e. The SMILES string of the molecule is N#CCCN(C(=O)CCC(=O)N1CCC(NC(=O)CCc2ccccc2)CC1)c1ccccc1. The van der Waals surface area contributed by atoms with E-state index in [2.05, 4.69) is 11.4 Å². The Hall–Kier alpha value is -3.66. The minimum absolute atomic E-state index is 0.0394. The molecule has 1 aliphatic heterocycles. The Kier molecular flexibility index (Phi) is 9.65. The van der Waals surface area contributed by atoms with Gasteiger partial charge in [0.1, 0.15) is 0 Å². The summed E-state index contributed by atoms with van der Waals surface area (Å²) in [5, 5.41) is 12.0. The normalized spacial score (nSPS) is 13.7. The zero-order chi connectivity index (χ0) is 24.2. The van der Waals surface area contributed by atoms with Gasteiger partial charge in [0.25, 0.3) is 0 Å². The summed E-state index contributed by atoms with van der Waals surface area (Å²) in [5.74, 6) is -0.163. The molecule has 0 atom stereocenters. The van der Waals surface area contributed by atoms with Crippen LogP contribution in [-0.4, -0.2) is 48.3 Å². The van der Waals surface area contributed by atoms with Crippen LogP contribution in [0.2, 0.25) is 0 Å². The second kappa shape index (κ2) is 13.1. The number of anilines is 1. The Labute approximate surface area is 201 Å². The maximum absolute atomic E-state index is 12.8. The van der Waals surface area contributed by atoms with Gasteiger partial charge < -0.3 is 15.1 Å². The van der Waals surface area contributed by atoms with Gasteiger partial charge in [-0.3, -0.25) is 14.4 Å². The fourth-order valence-corrected chi connectivity index (χ4v) is 4.15. The number of para-hydroxylation sites is 1. The van der Waals surface area contributed by atoms with Gasteiger partial charge in [0, 0.05) is 50.6 Å². The molecule has 34 heavy (non-hydrogen) atoms. The van der Waals surface area contributed by atoms with Gasteiger partial charge in [-0.05, 0) is 37.0 Å². The van der Waals surface area contributed by atoms with Crippen LogP contribution in [0.25, 0.3) is 0 Å². The number of nitrogens with one attached hydrogen (secondary N) is 1. The van der Waals surface area contributed by atoms with E-state index in [0.717, 1.165) is 24.1 Å². The molecule has 2 aromatic carbocycles. The van der Waals surface area contributed by atoms with Crippen molar-refractivity contribution >= 4 is 23.4 Å². The van der Waals surface area contributed by atoms with Gasteiger partial charge >= 0.3 is 0 Å². The number of likely N-dealkylation sites (tertiary alicyclic amines) is 1. The second-order valence-electron chi connectivity index (χ2n) is 8.50. The van der Waals surface area contributed by atoms with Crippen molar-refractivity contribution in [3.63, 3.8) is 0 Å². The lowest BCUT2D eigenvalue weighted by Crippen LogP contribution is -2.46. The van der Waals surface area contributed by atoms with E-state index in [4.69, 9.17) is 5.26 Å². The summed E-state index contributed by atoms with van der Waals surface area (Å²) in [6, 6.07) is 21.3. The van der Waals surface area contributed by atoms with Crippen molar-refractivity contribution in [2.45, 2.75) is 51.0 Å². The molecule has 0 aliphatic carbocycles. The molecule has 0 radical (unpaired) electrons. The lowest BCUT2D eigenvalue weighted by Gasteiger charge is -2.32. The molecule has 0 bridgehead atoms. The van der Waals surface area contributed by atoms with Gasteiger partial charge in [-0.25, -0.2) is 0 Å². The van der Waals surface area contributed by atoms with E-state index in [-0.39, 0.29) is 43.0 Å². The lowest BCUT2D eigenvalue weighted by molar-refractivity contribution is -0.134. The molecule has 2 aromatic rings. The molecule has 7 heteroatoms. The average Bonchev–Trinajstić information content (AvgIpc) is 2.88. The Morgan fingerprint density at radius 3 is 2.24 bits per heavy atom. The predicted octanol–water partition coefficient (Wildman–Crippen LogP) is 3.45. The Morgan fingerprint density at radius 1 is 0.941 bits per heavy atom. The van der Waals surface area contributed by atoms with Crippen LogP contribution < -0.4 is 10.2 Å². The first-order valence-corrected chi connectivity index (χ1v) is 11.9. The van der Waals surface area contributed by atoms with Crippen LogP contribution >= 0.6 is 0 Å². The first kappa shape index (κ1) is 25.0. The van der Waals surface area contributed by atoms with Crippen molar-refractivity contribution in [2.24, 2.45) is 0 Å². The highest BCUT2D eigenvalue weighted by molar-refractivity contribution is 5.95. The van der Waals surface area contributed by atoms with E-state index >= 15 is 0 Å². The molecular formula is C27H32N4O3. The Morgan fingerprint density at radius 2 is 1.59 bits per heavy atom. The van der Waals surface area contributed by atoms with E-state index in [1.54, 1.807) is 9.80 Å². The molecule has 178 valence electrons. The molecule has 0 unspecified atom stereocenters. The van der Waals surface area contributed by atoms with Crippen molar-refractivity contribution in [3.8, 4) is 6.07 Å². The summed E-state index contributed by atoms with van der Waals surface area (Å²) >= 11 is 0. The van der Waals surface area contributed by atoms with E-state index in [9.17, 15) is 14.4 Å². The van der Waals surface area contributed by atoms with E-state index < -0.39 is 0 Å². The number of benzene rings is 2. The molecule has 3 rings (SSSR count). The average molecular weight is 461 g/mol. The Bertz CT molecular complexity index is 980. The van der Waals surface area contributed by atoms with Gasteiger partial charge in [0.05, 0.1) is 12.5 Å². The minimum atomic E-state index is -0.157. The third-order valence-electron chi connectivity index (χ3n) is 6.07. The van der Waals surface area contributed by atoms with E-state index in [0.29, 0.717) is 32.5 Å². The molecule has 7 nitrogen and oxygen atoms in total. The zero-order valence-corrected chi connectivity index (χ0v) is 19.5. The van der Waals surface area contributed by atoms with Crippen LogP contribution in [0.3, 0.4) is 0 Å². The van der Waals surface area contributed by atoms with Crippen LogP contribution in [0.5, 0.6) is 0 Å². The summed E-state index contributed by atoms with van der Waals surface area (Å²) in [6.07, 6.45) is 3.09. The summed E-state index contributed by atoms with van der Waals surface area (Å²) in [4.78, 5) is 41.1. The van der Waals surface area contributed by atoms with E-state index in [1.807, 2.05) is 60.7 Å². The summed E-state index contributed by atoms with van der Waals surface area (Å²) < 4.78 is 0. The zero-order valence-electron chi connectivity index (χ0n) is 19.5. The molecule has 1 aliphatic rings. The quantitative estimate of drug-likeness (QED) is 0.588. The van der Waals surface area contributed by atoms with Crippen molar-refractivity contribution in [2.75, 3.05) is 24.5 Å². The van der Waals surface area contributed by atoms with Gasteiger partial charge in [-0.15, -0.1) is 0 Å². The second-order valence-corrected chi connectivity index (χ2v) is 8.50. The highest BCUT2D eigenvalue weighted by Gasteiger charge is 2.25. The molecule has 1 saturated heterocycles. The fourth-order valence-electron chi connectivity index (χ4n) is 4.15. The third-order valence-corrected chi connectivity index (χ3v) is 6.07. The monoisotopic (exact) mass is 460 g/mol. The number of amides is 3. The highest BCUT2D eigenvalue weighted by atomic mass is 16.2. The molecular weight excluding hydrogens is 428 g/mol. The van der Waals surface area contributed by atoms with Gasteiger partial charge in [-0.2, -0.15) is 5.26 Å². The molecule has 0 saturated carbocycles. The van der Waals surface area contributed by atoms with Crippen molar-refractivity contribution < 1.29 is 14.4 Å². The number of carbonyl (C=O) groups excluding carboxylic acids is 3. The standard InChI is InChI=1S/C27H32N4O3/c28-18-7-19-31(24-10-5-2-6-11-24)27(34)15-14-26(33)30-20-16-23(17-21-30)29-25(32)13-12-22-8-3-1-4-9-22/h1-6,8-11,23H,7,12-17,19-21H2,(H,29,32). The highest BCUT2D eigenvalue weighted by Crippen LogP contribution is 2.17. The van der Waals surface area contributed by atoms with Crippen LogP contribution in [0.15, 0.2) is 60.7 Å². The van der Waals surface area contributed by atoms with Crippen LogP contribution in [0, 0.1) is 11.3 Å². The third kappa shape index (κ3) is 7.73. The molecule has 1 fully saturated rings. The van der Waals surface area contributed by atoms with Crippen molar-refractivity contribution in [3.05, 3.63) is 66.2 Å². The van der Waals surface area contributed by atoms with Crippen molar-refractivity contribution in [1.82, 2.24) is 10.2 Å². The van der Waals surface area contributed by atoms with Gasteiger partial charge in [0.2, 0.25) is 17.7 Å². The molecule has 1 heterocycles. The van der Waals surface area contributed by atoms with Crippen LogP contribution in [-0.2, 0) is 20.8 Å². The maximum Gasteiger partial charge on any atom is 0.227 e.